The number of hydrogen-bond donors (Lipinski definition) is 1. The van der Waals surface area contributed by atoms with E-state index in [0.717, 1.165) is 17.5 Å². The molecule has 0 unspecified atom stereocenters. The Morgan fingerprint density at radius 1 is 1.14 bits per heavy atom. The summed E-state index contributed by atoms with van der Waals surface area (Å²) in [7, 11) is 3.06. The van der Waals surface area contributed by atoms with Crippen molar-refractivity contribution >= 4 is 17.3 Å². The number of aromatic nitrogens is 4. The Labute approximate surface area is 167 Å². The summed E-state index contributed by atoms with van der Waals surface area (Å²) in [5, 5.41) is 7.25. The van der Waals surface area contributed by atoms with Crippen LogP contribution in [0.25, 0.3) is 22.4 Å². The van der Waals surface area contributed by atoms with E-state index in [2.05, 4.69) is 26.8 Å². The molecule has 9 heteroatoms. The van der Waals surface area contributed by atoms with Crippen LogP contribution in [0.1, 0.15) is 6.42 Å². The molecule has 1 N–H and O–H groups in total. The van der Waals surface area contributed by atoms with Crippen molar-refractivity contribution in [1.82, 2.24) is 19.9 Å². The number of nitrogens with one attached hydrogen (secondary N) is 1. The molecule has 3 aromatic heterocycles. The summed E-state index contributed by atoms with van der Waals surface area (Å²) in [6, 6.07) is 2.25. The highest BCUT2D eigenvalue weighted by molar-refractivity contribution is 7.08. The summed E-state index contributed by atoms with van der Waals surface area (Å²) in [6.07, 6.45) is 5.66. The lowest BCUT2D eigenvalue weighted by Gasteiger charge is -2.13. The minimum atomic E-state index is 0.229. The van der Waals surface area contributed by atoms with Crippen molar-refractivity contribution in [1.29, 1.82) is 0 Å². The number of hydrogen-bond acceptors (Lipinski definition) is 9. The third-order valence-corrected chi connectivity index (χ3v) is 4.51. The van der Waals surface area contributed by atoms with Crippen LogP contribution in [0, 0.1) is 0 Å². The van der Waals surface area contributed by atoms with Crippen LogP contribution < -0.4 is 14.8 Å². The molecule has 0 aliphatic carbocycles. The summed E-state index contributed by atoms with van der Waals surface area (Å²) in [4.78, 5) is 17.6. The quantitative estimate of drug-likeness (QED) is 0.408. The van der Waals surface area contributed by atoms with Crippen molar-refractivity contribution in [3.05, 3.63) is 42.1 Å². The Kier molecular flexibility index (Phi) is 6.74. The maximum absolute atomic E-state index is 5.44. The van der Waals surface area contributed by atoms with E-state index in [9.17, 15) is 0 Å². The van der Waals surface area contributed by atoms with Gasteiger partial charge in [-0.25, -0.2) is 15.0 Å². The van der Waals surface area contributed by atoms with Crippen LogP contribution in [0.15, 0.2) is 42.1 Å². The Bertz CT molecular complexity index is 918. The third kappa shape index (κ3) is 4.55. The molecule has 0 aliphatic heterocycles. The highest BCUT2D eigenvalue weighted by atomic mass is 32.1. The molecule has 0 fully saturated rings. The van der Waals surface area contributed by atoms with E-state index in [4.69, 9.17) is 19.2 Å². The molecule has 0 aromatic carbocycles. The van der Waals surface area contributed by atoms with E-state index in [1.807, 2.05) is 16.8 Å². The Balaban J connectivity index is 1.96. The van der Waals surface area contributed by atoms with Crippen molar-refractivity contribution in [3.8, 4) is 34.3 Å². The fourth-order valence-electron chi connectivity index (χ4n) is 2.51. The minimum absolute atomic E-state index is 0.229. The van der Waals surface area contributed by atoms with Crippen LogP contribution in [0.3, 0.4) is 0 Å². The first-order valence-corrected chi connectivity index (χ1v) is 9.52. The van der Waals surface area contributed by atoms with Gasteiger partial charge in [-0.15, -0.1) is 0 Å². The Morgan fingerprint density at radius 2 is 2.00 bits per heavy atom. The fraction of sp³-hybridized carbons (Fsp3) is 0.263. The molecule has 0 amide bonds. The van der Waals surface area contributed by atoms with Crippen molar-refractivity contribution in [2.75, 3.05) is 32.7 Å². The van der Waals surface area contributed by atoms with Gasteiger partial charge in [0.15, 0.2) is 0 Å². The number of methoxy groups -OCH3 is 2. The summed E-state index contributed by atoms with van der Waals surface area (Å²) in [5.74, 6) is 0.887. The Morgan fingerprint density at radius 3 is 2.71 bits per heavy atom. The second kappa shape index (κ2) is 9.65. The molecule has 0 spiro atoms. The lowest BCUT2D eigenvalue weighted by molar-refractivity contribution is 0.249. The normalized spacial score (nSPS) is 10.4. The molecule has 0 saturated carbocycles. The highest BCUT2D eigenvalue weighted by Gasteiger charge is 2.18. The molecular formula is C19H21N5O3S. The van der Waals surface area contributed by atoms with Crippen LogP contribution in [0.4, 0.5) is 5.95 Å². The zero-order chi connectivity index (χ0) is 19.8. The summed E-state index contributed by atoms with van der Waals surface area (Å²) in [5.41, 5.74) is 3.22. The number of rotatable bonds is 10. The topological polar surface area (TPSA) is 91.3 Å². The average molecular weight is 399 g/mol. The molecule has 3 heterocycles. The van der Waals surface area contributed by atoms with Crippen molar-refractivity contribution < 1.29 is 14.2 Å². The molecule has 0 bridgehead atoms. The number of nitrogens with zero attached hydrogens (tertiary/aromatic N) is 4. The van der Waals surface area contributed by atoms with Gasteiger partial charge in [-0.2, -0.15) is 16.3 Å². The molecule has 0 radical (unpaired) electrons. The first kappa shape index (κ1) is 19.6. The van der Waals surface area contributed by atoms with E-state index in [1.54, 1.807) is 30.8 Å². The van der Waals surface area contributed by atoms with Crippen LogP contribution in [-0.4, -0.2) is 47.3 Å². The first-order valence-electron chi connectivity index (χ1n) is 8.58. The van der Waals surface area contributed by atoms with E-state index in [-0.39, 0.29) is 6.01 Å². The van der Waals surface area contributed by atoms with Gasteiger partial charge < -0.3 is 19.5 Å². The largest absolute Gasteiger partial charge is 0.502 e. The zero-order valence-corrected chi connectivity index (χ0v) is 16.5. The molecule has 3 aromatic rings. The van der Waals surface area contributed by atoms with Crippen LogP contribution in [0.2, 0.25) is 0 Å². The van der Waals surface area contributed by atoms with E-state index < -0.39 is 0 Å². The molecule has 0 saturated heterocycles. The highest BCUT2D eigenvalue weighted by Crippen LogP contribution is 2.36. The van der Waals surface area contributed by atoms with Crippen molar-refractivity contribution in [2.24, 2.45) is 0 Å². The molecule has 0 aliphatic rings. The fourth-order valence-corrected chi connectivity index (χ4v) is 3.16. The van der Waals surface area contributed by atoms with Gasteiger partial charge in [-0.1, -0.05) is 6.58 Å². The lowest BCUT2D eigenvalue weighted by Crippen LogP contribution is -2.08. The monoisotopic (exact) mass is 399 g/mol. The number of ether oxygens (including phenoxy) is 3. The van der Waals surface area contributed by atoms with E-state index in [0.29, 0.717) is 36.2 Å². The Hall–Kier alpha value is -3.20. The zero-order valence-electron chi connectivity index (χ0n) is 15.7. The predicted molar refractivity (Wildman–Crippen MR) is 109 cm³/mol. The SMILES string of the molecule is C=COCCCNc1ncc(-c2ccsc2)c(-c2cnc(OC)nc2OC)n1. The summed E-state index contributed by atoms with van der Waals surface area (Å²) < 4.78 is 15.7. The second-order valence-electron chi connectivity index (χ2n) is 5.57. The van der Waals surface area contributed by atoms with Gasteiger partial charge in [0.2, 0.25) is 11.8 Å². The summed E-state index contributed by atoms with van der Waals surface area (Å²) >= 11 is 1.60. The molecule has 0 atom stereocenters. The van der Waals surface area contributed by atoms with Crippen LogP contribution in [-0.2, 0) is 4.74 Å². The number of thiophene rings is 1. The van der Waals surface area contributed by atoms with E-state index >= 15 is 0 Å². The van der Waals surface area contributed by atoms with Crippen LogP contribution >= 0.6 is 11.3 Å². The van der Waals surface area contributed by atoms with Gasteiger partial charge in [-0.05, 0) is 28.8 Å². The second-order valence-corrected chi connectivity index (χ2v) is 6.35. The third-order valence-electron chi connectivity index (χ3n) is 3.82. The van der Waals surface area contributed by atoms with Crippen molar-refractivity contribution in [2.45, 2.75) is 6.42 Å². The molecule has 3 rings (SSSR count). The van der Waals surface area contributed by atoms with Gasteiger partial charge >= 0.3 is 6.01 Å². The van der Waals surface area contributed by atoms with Gasteiger partial charge in [0.05, 0.1) is 38.3 Å². The van der Waals surface area contributed by atoms with Crippen molar-refractivity contribution in [3.63, 3.8) is 0 Å². The molecule has 28 heavy (non-hydrogen) atoms. The van der Waals surface area contributed by atoms with Gasteiger partial charge in [0.1, 0.15) is 0 Å². The molecule has 146 valence electrons. The standard InChI is InChI=1S/C19H21N5O3S/c1-4-27-8-5-7-20-18-21-10-14(13-6-9-28-12-13)16(23-18)15-11-22-19(26-3)24-17(15)25-2/h4,6,9-12H,1,5,7-8H2,2-3H3,(H,20,21,23). The van der Waals surface area contributed by atoms with Gasteiger partial charge in [-0.3, -0.25) is 0 Å². The minimum Gasteiger partial charge on any atom is -0.502 e. The molecular weight excluding hydrogens is 378 g/mol. The van der Waals surface area contributed by atoms with Gasteiger partial charge in [0, 0.05) is 24.5 Å². The predicted octanol–water partition coefficient (Wildman–Crippen LogP) is 3.64. The first-order chi connectivity index (χ1) is 13.8. The molecule has 8 nitrogen and oxygen atoms in total. The van der Waals surface area contributed by atoms with Gasteiger partial charge in [0.25, 0.3) is 0 Å². The lowest BCUT2D eigenvalue weighted by atomic mass is 10.1. The van der Waals surface area contributed by atoms with E-state index in [1.165, 1.54) is 13.4 Å². The summed E-state index contributed by atoms with van der Waals surface area (Å²) in [6.45, 7) is 4.77. The average Bonchev–Trinajstić information content (AvgIpc) is 3.27. The smallest absolute Gasteiger partial charge is 0.319 e. The van der Waals surface area contributed by atoms with Crippen LogP contribution in [0.5, 0.6) is 11.9 Å². The number of anilines is 1. The maximum atomic E-state index is 5.44. The maximum Gasteiger partial charge on any atom is 0.319 e.